The Kier molecular flexibility index (Phi) is 5.88. The first-order valence-corrected chi connectivity index (χ1v) is 11.4. The molecule has 1 saturated heterocycles. The lowest BCUT2D eigenvalue weighted by Crippen LogP contribution is -2.51. The molecular formula is C20H24N4O6S. The quantitative estimate of drug-likeness (QED) is 0.694. The molecule has 4 rings (SSSR count). The maximum Gasteiger partial charge on any atom is 0.322 e. The molecule has 2 heterocycles. The van der Waals surface area contributed by atoms with E-state index < -0.39 is 16.1 Å². The summed E-state index contributed by atoms with van der Waals surface area (Å²) in [5, 5.41) is 2.73. The van der Waals surface area contributed by atoms with Crippen LogP contribution in [0.5, 0.6) is 5.75 Å². The van der Waals surface area contributed by atoms with Gasteiger partial charge in [-0.3, -0.25) is 4.79 Å². The van der Waals surface area contributed by atoms with Gasteiger partial charge in [0.05, 0.1) is 24.0 Å². The zero-order valence-corrected chi connectivity index (χ0v) is 17.9. The van der Waals surface area contributed by atoms with Gasteiger partial charge in [0.1, 0.15) is 5.75 Å². The van der Waals surface area contributed by atoms with Gasteiger partial charge < -0.3 is 24.3 Å². The van der Waals surface area contributed by atoms with E-state index in [2.05, 4.69) is 10.0 Å². The fraction of sp³-hybridized carbons (Fsp3) is 0.400. The maximum absolute atomic E-state index is 12.8. The zero-order valence-electron chi connectivity index (χ0n) is 17.0. The van der Waals surface area contributed by atoms with Gasteiger partial charge in [0.25, 0.3) is 5.91 Å². The number of nitrogens with zero attached hydrogens (tertiary/aromatic N) is 2. The molecule has 1 aliphatic heterocycles. The maximum atomic E-state index is 12.8. The summed E-state index contributed by atoms with van der Waals surface area (Å²) in [7, 11) is -2.22. The Hall–Kier alpha value is -3.05. The van der Waals surface area contributed by atoms with Crippen LogP contribution in [0.15, 0.2) is 45.9 Å². The first-order valence-electron chi connectivity index (χ1n) is 9.96. The van der Waals surface area contributed by atoms with Crippen LogP contribution in [0.25, 0.3) is 0 Å². The van der Waals surface area contributed by atoms with Crippen LogP contribution < -0.4 is 14.8 Å². The number of furan rings is 1. The van der Waals surface area contributed by atoms with Gasteiger partial charge in [0.15, 0.2) is 5.76 Å². The molecule has 1 saturated carbocycles. The van der Waals surface area contributed by atoms with Crippen molar-refractivity contribution in [1.82, 2.24) is 14.5 Å². The predicted octanol–water partition coefficient (Wildman–Crippen LogP) is 1.72. The van der Waals surface area contributed by atoms with E-state index in [1.54, 1.807) is 21.9 Å². The van der Waals surface area contributed by atoms with Gasteiger partial charge in [-0.25, -0.2) is 17.9 Å². The minimum Gasteiger partial charge on any atom is -0.495 e. The average Bonchev–Trinajstić information content (AvgIpc) is 3.39. The molecule has 2 fully saturated rings. The van der Waals surface area contributed by atoms with E-state index in [1.807, 2.05) is 0 Å². The Morgan fingerprint density at radius 3 is 2.42 bits per heavy atom. The molecule has 0 unspecified atom stereocenters. The molecule has 0 bridgehead atoms. The van der Waals surface area contributed by atoms with Gasteiger partial charge in [-0.1, -0.05) is 0 Å². The van der Waals surface area contributed by atoms with Crippen molar-refractivity contribution in [2.24, 2.45) is 0 Å². The normalized spacial score (nSPS) is 16.8. The third-order valence-corrected chi connectivity index (χ3v) is 6.73. The fourth-order valence-electron chi connectivity index (χ4n) is 3.30. The monoisotopic (exact) mass is 448 g/mol. The van der Waals surface area contributed by atoms with Crippen LogP contribution in [0, 0.1) is 0 Å². The van der Waals surface area contributed by atoms with Crippen molar-refractivity contribution in [3.63, 3.8) is 0 Å². The van der Waals surface area contributed by atoms with E-state index in [1.165, 1.54) is 31.6 Å². The summed E-state index contributed by atoms with van der Waals surface area (Å²) in [6, 6.07) is 7.18. The number of benzene rings is 1. The Balaban J connectivity index is 1.41. The molecule has 0 radical (unpaired) electrons. The summed E-state index contributed by atoms with van der Waals surface area (Å²) in [6.45, 7) is 1.40. The number of urea groups is 1. The summed E-state index contributed by atoms with van der Waals surface area (Å²) >= 11 is 0. The fourth-order valence-corrected chi connectivity index (χ4v) is 4.63. The van der Waals surface area contributed by atoms with Gasteiger partial charge >= 0.3 is 6.03 Å². The van der Waals surface area contributed by atoms with Crippen molar-refractivity contribution < 1.29 is 27.2 Å². The van der Waals surface area contributed by atoms with E-state index in [4.69, 9.17) is 9.15 Å². The Morgan fingerprint density at radius 1 is 1.10 bits per heavy atom. The number of methoxy groups -OCH3 is 1. The Morgan fingerprint density at radius 2 is 1.81 bits per heavy atom. The van der Waals surface area contributed by atoms with Crippen LogP contribution in [-0.4, -0.2) is 69.5 Å². The van der Waals surface area contributed by atoms with Gasteiger partial charge in [-0.05, 0) is 43.2 Å². The highest BCUT2D eigenvalue weighted by Gasteiger charge is 2.29. The van der Waals surface area contributed by atoms with Gasteiger partial charge in [-0.15, -0.1) is 0 Å². The average molecular weight is 449 g/mol. The molecule has 2 aliphatic rings. The van der Waals surface area contributed by atoms with Crippen LogP contribution in [0.4, 0.5) is 10.5 Å². The molecule has 2 aromatic rings. The van der Waals surface area contributed by atoms with Gasteiger partial charge in [-0.2, -0.15) is 0 Å². The molecule has 1 aromatic heterocycles. The van der Waals surface area contributed by atoms with Crippen LogP contribution in [0.2, 0.25) is 0 Å². The van der Waals surface area contributed by atoms with Crippen LogP contribution in [0.3, 0.4) is 0 Å². The first-order chi connectivity index (χ1) is 14.9. The number of nitrogens with one attached hydrogen (secondary N) is 2. The highest BCUT2D eigenvalue weighted by Crippen LogP contribution is 2.29. The molecule has 0 atom stereocenters. The second kappa shape index (κ2) is 8.60. The number of carbonyl (C=O) groups excluding carboxylic acids is 2. The molecule has 31 heavy (non-hydrogen) atoms. The number of piperazine rings is 1. The number of hydrogen-bond donors (Lipinski definition) is 2. The van der Waals surface area contributed by atoms with Crippen LogP contribution in [-0.2, 0) is 10.0 Å². The third kappa shape index (κ3) is 4.83. The van der Waals surface area contributed by atoms with Crippen molar-refractivity contribution in [2.75, 3.05) is 38.6 Å². The van der Waals surface area contributed by atoms with E-state index >= 15 is 0 Å². The molecule has 1 aliphatic carbocycles. The number of anilines is 1. The number of amides is 3. The molecule has 10 nitrogen and oxygen atoms in total. The van der Waals surface area contributed by atoms with Crippen molar-refractivity contribution in [3.05, 3.63) is 42.4 Å². The zero-order chi connectivity index (χ0) is 22.0. The SMILES string of the molecule is COc1ccc(S(=O)(=O)NC2CC2)cc1NC(=O)N1CCN(C(=O)c2ccco2)CC1. The van der Waals surface area contributed by atoms with Crippen LogP contribution in [0.1, 0.15) is 23.4 Å². The molecule has 3 amide bonds. The molecule has 1 aromatic carbocycles. The summed E-state index contributed by atoms with van der Waals surface area (Å²) < 4.78 is 38.0. The topological polar surface area (TPSA) is 121 Å². The number of sulfonamides is 1. The number of hydrogen-bond acceptors (Lipinski definition) is 6. The second-order valence-corrected chi connectivity index (χ2v) is 9.16. The minimum absolute atomic E-state index is 0.0228. The first kappa shape index (κ1) is 21.2. The molecular weight excluding hydrogens is 424 g/mol. The summed E-state index contributed by atoms with van der Waals surface area (Å²) in [5.41, 5.74) is 0.264. The predicted molar refractivity (Wildman–Crippen MR) is 112 cm³/mol. The lowest BCUT2D eigenvalue weighted by atomic mass is 10.2. The van der Waals surface area contributed by atoms with Gasteiger partial charge in [0, 0.05) is 32.2 Å². The smallest absolute Gasteiger partial charge is 0.322 e. The van der Waals surface area contributed by atoms with Crippen molar-refractivity contribution in [3.8, 4) is 5.75 Å². The lowest BCUT2D eigenvalue weighted by molar-refractivity contribution is 0.0640. The molecule has 2 N–H and O–H groups in total. The second-order valence-electron chi connectivity index (χ2n) is 7.44. The molecule has 11 heteroatoms. The van der Waals surface area contributed by atoms with Crippen molar-refractivity contribution in [2.45, 2.75) is 23.8 Å². The number of rotatable bonds is 6. The van der Waals surface area contributed by atoms with Gasteiger partial charge in [0.2, 0.25) is 10.0 Å². The third-order valence-electron chi connectivity index (χ3n) is 5.21. The van der Waals surface area contributed by atoms with E-state index in [-0.39, 0.29) is 28.3 Å². The molecule has 0 spiro atoms. The summed E-state index contributed by atoms with van der Waals surface area (Å²) in [6.07, 6.45) is 3.10. The van der Waals surface area contributed by atoms with E-state index in [0.717, 1.165) is 12.8 Å². The number of carbonyl (C=O) groups is 2. The largest absolute Gasteiger partial charge is 0.495 e. The highest BCUT2D eigenvalue weighted by atomic mass is 32.2. The van der Waals surface area contributed by atoms with Crippen molar-refractivity contribution in [1.29, 1.82) is 0 Å². The van der Waals surface area contributed by atoms with Crippen LogP contribution >= 0.6 is 0 Å². The van der Waals surface area contributed by atoms with Crippen molar-refractivity contribution >= 4 is 27.6 Å². The highest BCUT2D eigenvalue weighted by molar-refractivity contribution is 7.89. The summed E-state index contributed by atoms with van der Waals surface area (Å²) in [4.78, 5) is 28.4. The summed E-state index contributed by atoms with van der Waals surface area (Å²) in [5.74, 6) is 0.402. The van der Waals surface area contributed by atoms with E-state index in [9.17, 15) is 18.0 Å². The Bertz CT molecular complexity index is 1060. The Labute approximate surface area is 180 Å². The minimum atomic E-state index is -3.67. The standard InChI is InChI=1S/C20H24N4O6S/c1-29-17-7-6-15(31(27,28)22-14-4-5-14)13-16(17)21-20(26)24-10-8-23(9-11-24)19(25)18-3-2-12-30-18/h2-3,6-7,12-14,22H,4-5,8-11H2,1H3,(H,21,26). The van der Waals surface area contributed by atoms with E-state index in [0.29, 0.717) is 31.9 Å². The molecule has 166 valence electrons. The number of ether oxygens (including phenoxy) is 1. The lowest BCUT2D eigenvalue weighted by Gasteiger charge is -2.34.